The Balaban J connectivity index is 0.677. The van der Waals surface area contributed by atoms with E-state index in [4.69, 9.17) is 26.1 Å². The minimum atomic E-state index is -0.771. The number of likely N-dealkylation sites (N-methyl/N-ethyl adjacent to an activating group) is 1. The molecule has 4 aromatic rings. The summed E-state index contributed by atoms with van der Waals surface area (Å²) < 4.78 is 29.9. The third-order valence-corrected chi connectivity index (χ3v) is 15.0. The number of piperidine rings is 3. The standard InChI is InChI=1S/C48H56ClFN10O7/c1-27(2)60-36-6-4-29(18-28(36)19-39(46(60)65)66-24-41(62)51-3)53-43-35(49)22-52-47(55-43)57-14-10-31(11-15-57)67-32-20-30(21-32)56-16-12-48(13-17-56)25-58(26-48)37-7-5-33-34(42(37)50)23-59(45(33)64)38-8-9-40(61)54-44(38)63/h4-7,18-19,22,27,30-32,38H,8-17,20-21,23-26H2,1-3H3,(H,51,62)(H,52,53,55)(H,54,61,63)/t30?,32?,38-/m1/s1. The smallest absolute Gasteiger partial charge is 0.293 e. The first-order valence-electron chi connectivity index (χ1n) is 23.4. The zero-order valence-electron chi connectivity index (χ0n) is 38.0. The number of rotatable bonds is 12. The maximum atomic E-state index is 16.0. The van der Waals surface area contributed by atoms with E-state index in [1.54, 1.807) is 29.0 Å². The lowest BCUT2D eigenvalue weighted by Gasteiger charge is -2.57. The number of likely N-dealkylation sites (tertiary alicyclic amines) is 1. The van der Waals surface area contributed by atoms with Crippen LogP contribution in [0.3, 0.4) is 0 Å². The molecule has 1 aliphatic carbocycles. The minimum absolute atomic E-state index is 0.0292. The number of benzene rings is 2. The maximum Gasteiger partial charge on any atom is 0.293 e. The molecule has 0 unspecified atom stereocenters. The predicted octanol–water partition coefficient (Wildman–Crippen LogP) is 4.91. The Bertz CT molecular complexity index is 2690. The number of hydrogen-bond acceptors (Lipinski definition) is 13. The summed E-state index contributed by atoms with van der Waals surface area (Å²) in [6, 6.07) is 10.3. The highest BCUT2D eigenvalue weighted by atomic mass is 35.5. The van der Waals surface area contributed by atoms with Crippen molar-refractivity contribution >= 4 is 69.3 Å². The van der Waals surface area contributed by atoms with Gasteiger partial charge in [-0.15, -0.1) is 0 Å². The van der Waals surface area contributed by atoms with Crippen molar-refractivity contribution in [3.05, 3.63) is 74.9 Å². The lowest BCUT2D eigenvalue weighted by Crippen LogP contribution is -2.62. The molecule has 5 aliphatic heterocycles. The summed E-state index contributed by atoms with van der Waals surface area (Å²) in [5.41, 5.74) is 2.43. The number of aromatic nitrogens is 3. The first-order chi connectivity index (χ1) is 32.3. The van der Waals surface area contributed by atoms with E-state index in [2.05, 4.69) is 35.6 Å². The molecule has 2 aromatic carbocycles. The highest BCUT2D eigenvalue weighted by Crippen LogP contribution is 2.46. The topological polar surface area (TPSA) is 184 Å². The number of carbonyl (C=O) groups excluding carboxylic acids is 4. The number of anilines is 4. The summed E-state index contributed by atoms with van der Waals surface area (Å²) in [4.78, 5) is 80.0. The van der Waals surface area contributed by atoms with E-state index >= 15 is 4.39 Å². The molecular weight excluding hydrogens is 883 g/mol. The fourth-order valence-corrected chi connectivity index (χ4v) is 11.0. The maximum absolute atomic E-state index is 16.0. The molecule has 0 bridgehead atoms. The Hall–Kier alpha value is -5.85. The second-order valence-corrected chi connectivity index (χ2v) is 19.7. The number of hydrogen-bond donors (Lipinski definition) is 3. The first-order valence-corrected chi connectivity index (χ1v) is 23.8. The van der Waals surface area contributed by atoms with Gasteiger partial charge in [-0.3, -0.25) is 29.3 Å². The molecule has 6 aliphatic rings. The van der Waals surface area contributed by atoms with Crippen molar-refractivity contribution in [1.82, 2.24) is 35.0 Å². The van der Waals surface area contributed by atoms with Gasteiger partial charge >= 0.3 is 0 Å². The van der Waals surface area contributed by atoms with Crippen LogP contribution in [-0.4, -0.2) is 125 Å². The van der Waals surface area contributed by atoms with Crippen LogP contribution in [0, 0.1) is 11.2 Å². The SMILES string of the molecule is CNC(=O)COc1cc2cc(Nc3nc(N4CCC(OC5CC(N6CCC7(CC6)CN(c6ccc8c(c6F)CN([C@@H]6CCC(=O)NC6=O)C8=O)C7)C5)CC4)ncc3Cl)ccc2n(C(C)C)c1=O. The fraction of sp³-hybridized carbons (Fsp3) is 0.521. The molecule has 1 atom stereocenters. The van der Waals surface area contributed by atoms with Crippen molar-refractivity contribution in [3.63, 3.8) is 0 Å². The molecule has 4 saturated heterocycles. The van der Waals surface area contributed by atoms with E-state index in [9.17, 15) is 24.0 Å². The molecule has 2 aromatic heterocycles. The van der Waals surface area contributed by atoms with Gasteiger partial charge in [-0.25, -0.2) is 9.37 Å². The summed E-state index contributed by atoms with van der Waals surface area (Å²) in [5.74, 6) is -0.802. The number of carbonyl (C=O) groups is 4. The average molecular weight is 939 g/mol. The van der Waals surface area contributed by atoms with Gasteiger partial charge in [-0.1, -0.05) is 11.6 Å². The Kier molecular flexibility index (Phi) is 12.1. The molecular formula is C48H56ClFN10O7. The summed E-state index contributed by atoms with van der Waals surface area (Å²) in [5, 5.41) is 9.26. The summed E-state index contributed by atoms with van der Waals surface area (Å²) >= 11 is 6.61. The molecule has 0 radical (unpaired) electrons. The highest BCUT2D eigenvalue weighted by molar-refractivity contribution is 6.33. The lowest BCUT2D eigenvalue weighted by molar-refractivity contribution is -0.137. The highest BCUT2D eigenvalue weighted by Gasteiger charge is 2.49. The molecule has 10 rings (SSSR count). The quantitative estimate of drug-likeness (QED) is 0.163. The summed E-state index contributed by atoms with van der Waals surface area (Å²) in [6.45, 7) is 8.70. The molecule has 19 heteroatoms. The number of nitrogens with zero attached hydrogens (tertiary/aromatic N) is 7. The number of imide groups is 1. The van der Waals surface area contributed by atoms with Crippen molar-refractivity contribution in [2.45, 2.75) is 102 Å². The van der Waals surface area contributed by atoms with Gasteiger partial charge in [-0.2, -0.15) is 4.98 Å². The van der Waals surface area contributed by atoms with Crippen molar-refractivity contribution in [1.29, 1.82) is 0 Å². The van der Waals surface area contributed by atoms with E-state index in [1.165, 1.54) is 11.9 Å². The van der Waals surface area contributed by atoms with Crippen molar-refractivity contribution in [2.75, 3.05) is 68.0 Å². The van der Waals surface area contributed by atoms with Gasteiger partial charge in [0.15, 0.2) is 24.0 Å². The molecule has 5 fully saturated rings. The van der Waals surface area contributed by atoms with Crippen LogP contribution in [0.2, 0.25) is 5.02 Å². The van der Waals surface area contributed by atoms with E-state index in [-0.39, 0.29) is 84.5 Å². The number of amides is 4. The van der Waals surface area contributed by atoms with Gasteiger partial charge in [0.25, 0.3) is 17.4 Å². The predicted molar refractivity (Wildman–Crippen MR) is 250 cm³/mol. The monoisotopic (exact) mass is 938 g/mol. The zero-order valence-corrected chi connectivity index (χ0v) is 38.7. The molecule has 67 heavy (non-hydrogen) atoms. The number of ether oxygens (including phenoxy) is 2. The van der Waals surface area contributed by atoms with Crippen LogP contribution in [0.25, 0.3) is 10.9 Å². The fourth-order valence-electron chi connectivity index (χ4n) is 10.8. The van der Waals surface area contributed by atoms with Crippen LogP contribution in [0.15, 0.2) is 47.4 Å². The molecule has 354 valence electrons. The second-order valence-electron chi connectivity index (χ2n) is 19.3. The van der Waals surface area contributed by atoms with Crippen LogP contribution in [0.1, 0.15) is 87.2 Å². The third-order valence-electron chi connectivity index (χ3n) is 14.7. The van der Waals surface area contributed by atoms with Crippen LogP contribution < -0.4 is 36.0 Å². The average Bonchev–Trinajstić information content (AvgIpc) is 3.63. The second kappa shape index (κ2) is 18.0. The molecule has 1 saturated carbocycles. The van der Waals surface area contributed by atoms with Gasteiger partial charge < -0.3 is 44.3 Å². The van der Waals surface area contributed by atoms with Crippen molar-refractivity contribution in [3.8, 4) is 5.75 Å². The van der Waals surface area contributed by atoms with Gasteiger partial charge in [0, 0.05) is 79.3 Å². The van der Waals surface area contributed by atoms with E-state index < -0.39 is 11.9 Å². The number of nitrogens with one attached hydrogen (secondary N) is 3. The molecule has 4 amide bonds. The van der Waals surface area contributed by atoms with Gasteiger partial charge in [0.05, 0.1) is 36.2 Å². The van der Waals surface area contributed by atoms with Crippen LogP contribution >= 0.6 is 11.6 Å². The molecule has 1 spiro atoms. The van der Waals surface area contributed by atoms with Gasteiger partial charge in [0.1, 0.15) is 11.1 Å². The molecule has 7 heterocycles. The Morgan fingerprint density at radius 2 is 1.75 bits per heavy atom. The zero-order chi connectivity index (χ0) is 46.7. The van der Waals surface area contributed by atoms with Gasteiger partial charge in [0.2, 0.25) is 17.8 Å². The Morgan fingerprint density at radius 3 is 2.46 bits per heavy atom. The van der Waals surface area contributed by atoms with Crippen LogP contribution in [-0.2, 0) is 25.7 Å². The lowest BCUT2D eigenvalue weighted by atomic mass is 9.71. The number of pyridine rings is 1. The first kappa shape index (κ1) is 45.0. The van der Waals surface area contributed by atoms with E-state index in [0.29, 0.717) is 45.3 Å². The summed E-state index contributed by atoms with van der Waals surface area (Å²) in [7, 11) is 1.51. The normalized spacial score (nSPS) is 23.0. The van der Waals surface area contributed by atoms with E-state index in [0.717, 1.165) is 88.7 Å². The largest absolute Gasteiger partial charge is 0.478 e. The molecule has 3 N–H and O–H groups in total. The Labute approximate surface area is 392 Å². The van der Waals surface area contributed by atoms with Gasteiger partial charge in [-0.05, 0) is 108 Å². The number of fused-ring (bicyclic) bond motifs is 2. The van der Waals surface area contributed by atoms with Crippen molar-refractivity contribution in [2.24, 2.45) is 5.41 Å². The Morgan fingerprint density at radius 1 is 0.985 bits per heavy atom. The number of halogens is 2. The minimum Gasteiger partial charge on any atom is -0.478 e. The van der Waals surface area contributed by atoms with Crippen LogP contribution in [0.5, 0.6) is 5.75 Å². The third kappa shape index (κ3) is 8.67. The van der Waals surface area contributed by atoms with Crippen molar-refractivity contribution < 1.29 is 33.0 Å². The van der Waals surface area contributed by atoms with E-state index in [1.807, 2.05) is 32.0 Å². The molecule has 17 nitrogen and oxygen atoms in total. The summed E-state index contributed by atoms with van der Waals surface area (Å²) in [6.07, 6.45) is 8.32. The van der Waals surface area contributed by atoms with Crippen LogP contribution in [0.4, 0.5) is 27.5 Å².